The Kier molecular flexibility index (Phi) is 11.6. The number of nitrogens with zero attached hydrogens (tertiary/aromatic N) is 2. The van der Waals surface area contributed by atoms with Gasteiger partial charge in [-0.25, -0.2) is 9.79 Å². The molecule has 10 heteroatoms. The van der Waals surface area contributed by atoms with E-state index in [1.54, 1.807) is 29.3 Å². The van der Waals surface area contributed by atoms with Crippen molar-refractivity contribution in [2.24, 2.45) is 4.99 Å². The molecule has 0 radical (unpaired) electrons. The molecule has 0 bridgehead atoms. The fourth-order valence-corrected chi connectivity index (χ4v) is 7.56. The second-order valence-corrected chi connectivity index (χ2v) is 13.8. The molecule has 0 fully saturated rings. The lowest BCUT2D eigenvalue weighted by Crippen LogP contribution is -2.40. The number of aromatic nitrogens is 1. The van der Waals surface area contributed by atoms with Crippen molar-refractivity contribution in [1.82, 2.24) is 4.57 Å². The maximum atomic E-state index is 14.5. The van der Waals surface area contributed by atoms with Crippen LogP contribution >= 0.6 is 34.7 Å². The Morgan fingerprint density at radius 2 is 1.73 bits per heavy atom. The Morgan fingerprint density at radius 1 is 0.980 bits per heavy atom. The van der Waals surface area contributed by atoms with Crippen LogP contribution in [0.3, 0.4) is 0 Å². The number of rotatable bonds is 13. The first kappa shape index (κ1) is 36.0. The van der Waals surface area contributed by atoms with Crippen molar-refractivity contribution in [3.8, 4) is 11.5 Å². The van der Waals surface area contributed by atoms with E-state index in [-0.39, 0.29) is 18.8 Å². The molecular weight excluding hydrogens is 700 g/mol. The van der Waals surface area contributed by atoms with Crippen LogP contribution in [0.5, 0.6) is 11.5 Å². The summed E-state index contributed by atoms with van der Waals surface area (Å²) in [6.07, 6.45) is 6.15. The van der Waals surface area contributed by atoms with E-state index >= 15 is 0 Å². The van der Waals surface area contributed by atoms with E-state index in [4.69, 9.17) is 30.8 Å². The number of esters is 1. The van der Waals surface area contributed by atoms with E-state index in [0.29, 0.717) is 50.2 Å². The highest BCUT2D eigenvalue weighted by atomic mass is 35.5. The third kappa shape index (κ3) is 7.76. The molecule has 5 aromatic rings. The van der Waals surface area contributed by atoms with Gasteiger partial charge >= 0.3 is 5.97 Å². The van der Waals surface area contributed by atoms with Gasteiger partial charge in [-0.2, -0.15) is 0 Å². The van der Waals surface area contributed by atoms with Crippen LogP contribution < -0.4 is 24.4 Å². The number of halogens is 1. The summed E-state index contributed by atoms with van der Waals surface area (Å²) in [5, 5.41) is 0.618. The van der Waals surface area contributed by atoms with Gasteiger partial charge in [-0.1, -0.05) is 89.7 Å². The zero-order valence-corrected chi connectivity index (χ0v) is 30.9. The summed E-state index contributed by atoms with van der Waals surface area (Å²) in [6.45, 7) is 8.48. The fraction of sp³-hybridized carbons (Fsp3) is 0.195. The van der Waals surface area contributed by atoms with Gasteiger partial charge in [0.2, 0.25) is 0 Å². The highest BCUT2D eigenvalue weighted by Crippen LogP contribution is 2.37. The van der Waals surface area contributed by atoms with Crippen molar-refractivity contribution in [3.05, 3.63) is 162 Å². The maximum Gasteiger partial charge on any atom is 0.338 e. The second kappa shape index (κ2) is 16.5. The van der Waals surface area contributed by atoms with Gasteiger partial charge in [0, 0.05) is 26.6 Å². The smallest absolute Gasteiger partial charge is 0.338 e. The maximum absolute atomic E-state index is 14.5. The van der Waals surface area contributed by atoms with Gasteiger partial charge in [0.15, 0.2) is 16.3 Å². The number of carbonyl (C=O) groups is 1. The quantitative estimate of drug-likeness (QED) is 0.0693. The topological polar surface area (TPSA) is 79.1 Å². The van der Waals surface area contributed by atoms with Gasteiger partial charge in [-0.3, -0.25) is 9.36 Å². The summed E-state index contributed by atoms with van der Waals surface area (Å²) in [6, 6.07) is 28.1. The third-order valence-corrected chi connectivity index (χ3v) is 10.3. The molecule has 0 aliphatic carbocycles. The van der Waals surface area contributed by atoms with Crippen molar-refractivity contribution in [2.75, 3.05) is 19.5 Å². The first-order valence-corrected chi connectivity index (χ1v) is 19.0. The van der Waals surface area contributed by atoms with Crippen LogP contribution in [0.1, 0.15) is 47.7 Å². The highest BCUT2D eigenvalue weighted by Gasteiger charge is 2.35. The molecule has 0 spiro atoms. The molecule has 0 amide bonds. The molecule has 0 saturated carbocycles. The number of ether oxygens (including phenoxy) is 3. The Labute approximate surface area is 310 Å². The number of thiazole rings is 1. The van der Waals surface area contributed by atoms with Crippen LogP contribution in [0.4, 0.5) is 0 Å². The minimum atomic E-state index is -0.760. The van der Waals surface area contributed by atoms with Crippen LogP contribution in [0.25, 0.3) is 11.8 Å². The molecule has 2 heterocycles. The molecule has 0 saturated heterocycles. The Hall–Kier alpha value is -4.83. The largest absolute Gasteiger partial charge is 0.490 e. The minimum absolute atomic E-state index is 0.181. The number of thioether (sulfide) groups is 1. The molecule has 4 aromatic carbocycles. The predicted molar refractivity (Wildman–Crippen MR) is 207 cm³/mol. The van der Waals surface area contributed by atoms with Gasteiger partial charge in [0.1, 0.15) is 6.61 Å². The van der Waals surface area contributed by atoms with Gasteiger partial charge in [-0.05, 0) is 74.1 Å². The van der Waals surface area contributed by atoms with Crippen LogP contribution in [-0.2, 0) is 22.6 Å². The average molecular weight is 737 g/mol. The third-order valence-electron chi connectivity index (χ3n) is 8.25. The van der Waals surface area contributed by atoms with E-state index in [2.05, 4.69) is 6.58 Å². The molecular formula is C41H37ClN2O5S2. The number of carbonyl (C=O) groups excluding carboxylic acids is 1. The van der Waals surface area contributed by atoms with E-state index < -0.39 is 12.0 Å². The lowest BCUT2D eigenvalue weighted by molar-refractivity contribution is -0.138. The Balaban J connectivity index is 1.53. The molecule has 1 atom stereocenters. The van der Waals surface area contributed by atoms with Gasteiger partial charge in [0.25, 0.3) is 5.56 Å². The normalized spacial score (nSPS) is 14.1. The SMILES string of the molecule is C=CCc1cc(/C=c2/sc3n(c2=O)[C@H](c2ccc(SC)cc2)C(C(=O)OCC)=C(c2ccccc2)N=3)cc(OCC)c1OCc1ccccc1Cl. The minimum Gasteiger partial charge on any atom is -0.490 e. The van der Waals surface area contributed by atoms with Crippen molar-refractivity contribution >= 4 is 52.4 Å². The monoisotopic (exact) mass is 736 g/mol. The number of hydrogen-bond donors (Lipinski definition) is 0. The van der Waals surface area contributed by atoms with Crippen LogP contribution in [0, 0.1) is 0 Å². The Bertz CT molecular complexity index is 2280. The summed E-state index contributed by atoms with van der Waals surface area (Å²) in [7, 11) is 0. The lowest BCUT2D eigenvalue weighted by Gasteiger charge is -2.26. The van der Waals surface area contributed by atoms with Crippen molar-refractivity contribution in [2.45, 2.75) is 37.8 Å². The van der Waals surface area contributed by atoms with Crippen LogP contribution in [0.2, 0.25) is 5.02 Å². The standard InChI is InChI=1S/C41H37ClN2O5S2/c1-5-13-29-22-26(23-33(47-6-2)38(29)49-25-30-16-11-12-17-32(30)42)24-34-39(45)44-37(28-18-20-31(50-4)21-19-28)35(40(46)48-7-3)36(43-41(44)51-34)27-14-9-8-10-15-27/h5,8-12,14-24,37H,1,6-7,13,25H2,2-4H3/b34-24+/t37-/m1/s1. The highest BCUT2D eigenvalue weighted by molar-refractivity contribution is 7.98. The zero-order valence-electron chi connectivity index (χ0n) is 28.6. The summed E-state index contributed by atoms with van der Waals surface area (Å²) in [5.74, 6) is 0.623. The van der Waals surface area contributed by atoms with Gasteiger partial charge in [0.05, 0.1) is 35.1 Å². The van der Waals surface area contributed by atoms with Crippen molar-refractivity contribution in [1.29, 1.82) is 0 Å². The number of fused-ring (bicyclic) bond motifs is 1. The molecule has 51 heavy (non-hydrogen) atoms. The summed E-state index contributed by atoms with van der Waals surface area (Å²) >= 11 is 9.30. The number of allylic oxidation sites excluding steroid dienone is 1. The van der Waals surface area contributed by atoms with Gasteiger partial charge < -0.3 is 14.2 Å². The molecule has 1 aliphatic heterocycles. The van der Waals surface area contributed by atoms with Crippen LogP contribution in [0.15, 0.2) is 124 Å². The van der Waals surface area contributed by atoms with Crippen molar-refractivity contribution in [3.63, 3.8) is 0 Å². The number of benzene rings is 4. The van der Waals surface area contributed by atoms with E-state index in [0.717, 1.165) is 32.7 Å². The molecule has 1 aliphatic rings. The molecule has 0 N–H and O–H groups in total. The zero-order chi connectivity index (χ0) is 35.9. The van der Waals surface area contributed by atoms with Gasteiger partial charge in [-0.15, -0.1) is 18.3 Å². The van der Waals surface area contributed by atoms with Crippen molar-refractivity contribution < 1.29 is 19.0 Å². The summed E-state index contributed by atoms with van der Waals surface area (Å²) in [4.78, 5) is 34.8. The van der Waals surface area contributed by atoms with Crippen LogP contribution in [-0.4, -0.2) is 30.0 Å². The summed E-state index contributed by atoms with van der Waals surface area (Å²) in [5.41, 5.74) is 4.51. The van der Waals surface area contributed by atoms with E-state index in [1.807, 2.05) is 110 Å². The second-order valence-electron chi connectivity index (χ2n) is 11.5. The van der Waals surface area contributed by atoms with E-state index in [1.165, 1.54) is 11.3 Å². The molecule has 7 nitrogen and oxygen atoms in total. The van der Waals surface area contributed by atoms with E-state index in [9.17, 15) is 9.59 Å². The molecule has 6 rings (SSSR count). The fourth-order valence-electron chi connectivity index (χ4n) is 5.96. The molecule has 0 unspecified atom stereocenters. The Morgan fingerprint density at radius 3 is 2.41 bits per heavy atom. The predicted octanol–water partition coefficient (Wildman–Crippen LogP) is 8.02. The molecule has 1 aromatic heterocycles. The first-order valence-electron chi connectivity index (χ1n) is 16.6. The number of hydrogen-bond acceptors (Lipinski definition) is 8. The summed E-state index contributed by atoms with van der Waals surface area (Å²) < 4.78 is 20.1. The lowest BCUT2D eigenvalue weighted by atomic mass is 9.93. The first-order chi connectivity index (χ1) is 24.9. The average Bonchev–Trinajstić information content (AvgIpc) is 3.45. The molecule has 260 valence electrons.